The Balaban J connectivity index is 0.705. The van der Waals surface area contributed by atoms with Gasteiger partial charge in [-0.2, -0.15) is 0 Å². The number of allylic oxidation sites excluding steroid dienone is 1. The van der Waals surface area contributed by atoms with Gasteiger partial charge in [0, 0.05) is 114 Å². The van der Waals surface area contributed by atoms with Crippen molar-refractivity contribution in [1.82, 2.24) is 23.3 Å². The van der Waals surface area contributed by atoms with E-state index >= 15 is 0 Å². The highest BCUT2D eigenvalue weighted by Crippen LogP contribution is 2.50. The van der Waals surface area contributed by atoms with E-state index < -0.39 is 0 Å². The van der Waals surface area contributed by atoms with Gasteiger partial charge in [-0.3, -0.25) is 4.57 Å². The third-order valence-electron chi connectivity index (χ3n) is 19.6. The van der Waals surface area contributed by atoms with Crippen LogP contribution >= 0.6 is 22.7 Å². The van der Waals surface area contributed by atoms with E-state index in [4.69, 9.17) is 4.98 Å². The van der Waals surface area contributed by atoms with Crippen molar-refractivity contribution in [2.75, 3.05) is 0 Å². The van der Waals surface area contributed by atoms with Crippen molar-refractivity contribution < 1.29 is 0 Å². The summed E-state index contributed by atoms with van der Waals surface area (Å²) < 4.78 is 15.0. The number of rotatable bonds is 7. The highest BCUT2D eigenvalue weighted by atomic mass is 32.1. The first-order chi connectivity index (χ1) is 45.1. The lowest BCUT2D eigenvalue weighted by molar-refractivity contribution is 0.721. The summed E-state index contributed by atoms with van der Waals surface area (Å²) in [6, 6.07) is 102. The van der Waals surface area contributed by atoms with Crippen LogP contribution in [0.2, 0.25) is 0 Å². The van der Waals surface area contributed by atoms with E-state index in [2.05, 4.69) is 304 Å². The van der Waals surface area contributed by atoms with Gasteiger partial charge < -0.3 is 13.7 Å². The zero-order chi connectivity index (χ0) is 59.6. The molecule has 0 aliphatic heterocycles. The van der Waals surface area contributed by atoms with Gasteiger partial charge in [-0.05, 0) is 143 Å². The highest BCUT2D eigenvalue weighted by molar-refractivity contribution is 7.26. The second-order valence-corrected chi connectivity index (χ2v) is 26.7. The standard InChI is InChI=1S/C84H53N5S2/c1-50-38-41-63(62-29-17-36-76-79(62)66-26-5-11-34-73(66)87(76)55-40-43-78-69(49-55)65-44-45-85-84(83(65)91-78)89-71-32-9-2-22-58(71)59-23-3-10-33-72(59)89)80-67-27-6-12-35-74(67)88(81(50)80)56-39-42-75-68(48-56)60-24-4-8-31-70(60)86(75)54-21-15-19-52(47-54)51-18-14-20-53(46-51)57-28-16-30-64-61-25-7-13-37-77(61)90-82(57)64/h2-37,39-50H,38H2,1H3. The topological polar surface area (TPSA) is 32.6 Å². The average Bonchev–Trinajstić information content (AvgIpc) is 1.58. The summed E-state index contributed by atoms with van der Waals surface area (Å²) in [7, 11) is 0. The fraction of sp³-hybridized carbons (Fsp3) is 0.0357. The van der Waals surface area contributed by atoms with Crippen molar-refractivity contribution in [3.63, 3.8) is 0 Å². The van der Waals surface area contributed by atoms with Crippen LogP contribution in [0.15, 0.2) is 285 Å². The molecule has 1 atom stereocenters. The maximum absolute atomic E-state index is 5.13. The Bertz CT molecular complexity index is 6300. The number of benzene rings is 12. The average molecular weight is 1200 g/mol. The first-order valence-corrected chi connectivity index (χ1v) is 33.0. The maximum Gasteiger partial charge on any atom is 0.155 e. The van der Waals surface area contributed by atoms with Crippen LogP contribution in [0, 0.1) is 0 Å². The third kappa shape index (κ3) is 7.36. The molecule has 20 rings (SSSR count). The molecule has 91 heavy (non-hydrogen) atoms. The van der Waals surface area contributed by atoms with Crippen molar-refractivity contribution >= 4 is 145 Å². The number of hydrogen-bond donors (Lipinski definition) is 0. The lowest BCUT2D eigenvalue weighted by Gasteiger charge is -2.24. The summed E-state index contributed by atoms with van der Waals surface area (Å²) in [4.78, 5) is 5.13. The molecule has 7 heterocycles. The molecule has 19 aromatic rings. The van der Waals surface area contributed by atoms with Crippen molar-refractivity contribution in [2.24, 2.45) is 0 Å². The number of fused-ring (bicyclic) bond motifs is 18. The molecule has 0 saturated heterocycles. The molecule has 0 bridgehead atoms. The molecule has 1 aliphatic carbocycles. The first-order valence-electron chi connectivity index (χ1n) is 31.4. The van der Waals surface area contributed by atoms with Crippen LogP contribution in [0.25, 0.3) is 167 Å². The zero-order valence-electron chi connectivity index (χ0n) is 49.5. The van der Waals surface area contributed by atoms with Crippen LogP contribution in [0.5, 0.6) is 0 Å². The van der Waals surface area contributed by atoms with E-state index in [-0.39, 0.29) is 5.92 Å². The second kappa shape index (κ2) is 19.5. The van der Waals surface area contributed by atoms with Gasteiger partial charge in [0.05, 0.1) is 43.3 Å². The van der Waals surface area contributed by atoms with Crippen LogP contribution in [0.4, 0.5) is 0 Å². The lowest BCUT2D eigenvalue weighted by atomic mass is 9.83. The Kier molecular flexibility index (Phi) is 10.9. The molecule has 0 fully saturated rings. The summed E-state index contributed by atoms with van der Waals surface area (Å²) in [5.41, 5.74) is 21.9. The Morgan fingerprint density at radius 1 is 0.341 bits per heavy atom. The van der Waals surface area contributed by atoms with Gasteiger partial charge in [0.25, 0.3) is 0 Å². The molecule has 7 aromatic heterocycles. The Hall–Kier alpha value is -11.1. The molecule has 426 valence electrons. The summed E-state index contributed by atoms with van der Waals surface area (Å²) >= 11 is 3.72. The molecule has 0 saturated carbocycles. The predicted molar refractivity (Wildman–Crippen MR) is 387 cm³/mol. The fourth-order valence-corrected chi connectivity index (χ4v) is 18.1. The number of pyridine rings is 1. The molecule has 0 N–H and O–H groups in total. The van der Waals surface area contributed by atoms with Crippen LogP contribution in [-0.4, -0.2) is 23.3 Å². The molecule has 0 radical (unpaired) electrons. The number of para-hydroxylation sites is 5. The Morgan fingerprint density at radius 3 is 1.64 bits per heavy atom. The number of nitrogens with zero attached hydrogens (tertiary/aromatic N) is 5. The van der Waals surface area contributed by atoms with E-state index in [1.807, 2.05) is 28.9 Å². The van der Waals surface area contributed by atoms with Crippen molar-refractivity contribution in [3.05, 3.63) is 302 Å². The van der Waals surface area contributed by atoms with Gasteiger partial charge >= 0.3 is 0 Å². The van der Waals surface area contributed by atoms with E-state index in [1.54, 1.807) is 0 Å². The Morgan fingerprint density at radius 2 is 0.846 bits per heavy atom. The van der Waals surface area contributed by atoms with Gasteiger partial charge in [-0.1, -0.05) is 183 Å². The van der Waals surface area contributed by atoms with Gasteiger partial charge in [0.1, 0.15) is 0 Å². The molecule has 5 nitrogen and oxygen atoms in total. The minimum Gasteiger partial charge on any atom is -0.313 e. The minimum absolute atomic E-state index is 0.265. The quantitative estimate of drug-likeness (QED) is 0.157. The molecule has 0 amide bonds. The molecule has 1 aliphatic rings. The molecule has 0 spiro atoms. The SMILES string of the molecule is CC1CC=C(c2cccc3c2c2ccccc2n3-c2ccc3sc4c(-n5c6ccccc6c6ccccc65)nccc4c3c2)c2c1n(-c1ccc3c(c1)c1ccccc1n3-c1cccc(-c3cccc(-c4cccc5c4sc4ccccc45)c3)c1)c1ccccc21. The van der Waals surface area contributed by atoms with Crippen LogP contribution < -0.4 is 0 Å². The van der Waals surface area contributed by atoms with Crippen LogP contribution in [0.3, 0.4) is 0 Å². The Labute approximate surface area is 531 Å². The lowest BCUT2D eigenvalue weighted by Crippen LogP contribution is -2.10. The monoisotopic (exact) mass is 1200 g/mol. The van der Waals surface area contributed by atoms with Crippen LogP contribution in [0.1, 0.15) is 36.1 Å². The van der Waals surface area contributed by atoms with Crippen molar-refractivity contribution in [2.45, 2.75) is 19.3 Å². The molecule has 1 unspecified atom stereocenters. The van der Waals surface area contributed by atoms with E-state index in [0.717, 1.165) is 34.6 Å². The largest absolute Gasteiger partial charge is 0.313 e. The predicted octanol–water partition coefficient (Wildman–Crippen LogP) is 23.3. The highest BCUT2D eigenvalue weighted by Gasteiger charge is 2.31. The van der Waals surface area contributed by atoms with Gasteiger partial charge in [-0.25, -0.2) is 4.98 Å². The molecular formula is C84H53N5S2. The number of thiophene rings is 2. The van der Waals surface area contributed by atoms with Crippen LogP contribution in [-0.2, 0) is 0 Å². The normalized spacial score (nSPS) is 13.7. The summed E-state index contributed by atoms with van der Waals surface area (Å²) in [6.45, 7) is 2.41. The third-order valence-corrected chi connectivity index (χ3v) is 22.0. The van der Waals surface area contributed by atoms with E-state index in [0.29, 0.717) is 0 Å². The van der Waals surface area contributed by atoms with Gasteiger partial charge in [-0.15, -0.1) is 22.7 Å². The van der Waals surface area contributed by atoms with Gasteiger partial charge in [0.2, 0.25) is 0 Å². The number of aromatic nitrogens is 5. The smallest absolute Gasteiger partial charge is 0.155 e. The second-order valence-electron chi connectivity index (χ2n) is 24.5. The number of hydrogen-bond acceptors (Lipinski definition) is 3. The molecular weight excluding hydrogens is 1140 g/mol. The van der Waals surface area contributed by atoms with Gasteiger partial charge in [0.15, 0.2) is 5.82 Å². The summed E-state index contributed by atoms with van der Waals surface area (Å²) in [6.07, 6.45) is 5.44. The van der Waals surface area contributed by atoms with E-state index in [9.17, 15) is 0 Å². The fourth-order valence-electron chi connectivity index (χ4n) is 15.7. The first kappa shape index (κ1) is 50.9. The summed E-state index contributed by atoms with van der Waals surface area (Å²) in [5.74, 6) is 1.23. The van der Waals surface area contributed by atoms with Crippen molar-refractivity contribution in [3.8, 4) is 45.1 Å². The molecule has 7 heteroatoms. The van der Waals surface area contributed by atoms with E-state index in [1.165, 1.54) is 156 Å². The zero-order valence-corrected chi connectivity index (χ0v) is 51.1. The maximum atomic E-state index is 5.13. The molecule has 12 aromatic carbocycles. The summed E-state index contributed by atoms with van der Waals surface area (Å²) in [5, 5.41) is 13.8. The van der Waals surface area contributed by atoms with Crippen molar-refractivity contribution in [1.29, 1.82) is 0 Å². The minimum atomic E-state index is 0.265.